The van der Waals surface area contributed by atoms with Gasteiger partial charge < -0.3 is 10.0 Å². The van der Waals surface area contributed by atoms with E-state index in [1.807, 2.05) is 6.07 Å². The van der Waals surface area contributed by atoms with Gasteiger partial charge in [-0.15, -0.1) is 0 Å². The molecule has 0 spiro atoms. The molecule has 2 rings (SSSR count). The van der Waals surface area contributed by atoms with Crippen molar-refractivity contribution in [2.45, 2.75) is 6.42 Å². The molecule has 0 unspecified atom stereocenters. The zero-order valence-electron chi connectivity index (χ0n) is 8.70. The second-order valence-corrected chi connectivity index (χ2v) is 4.31. The SMILES string of the molecule is CN1CC=C(c2ccc(Cl)c(O)c2)CC1. The first-order chi connectivity index (χ1) is 7.16. The molecule has 0 saturated carbocycles. The summed E-state index contributed by atoms with van der Waals surface area (Å²) in [5, 5.41) is 9.92. The number of phenols is 1. The summed E-state index contributed by atoms with van der Waals surface area (Å²) >= 11 is 5.77. The van der Waals surface area contributed by atoms with Gasteiger partial charge in [0.05, 0.1) is 5.02 Å². The summed E-state index contributed by atoms with van der Waals surface area (Å²) in [6.45, 7) is 2.04. The van der Waals surface area contributed by atoms with E-state index in [9.17, 15) is 5.11 Å². The number of aromatic hydroxyl groups is 1. The fraction of sp³-hybridized carbons (Fsp3) is 0.333. The molecule has 80 valence electrons. The van der Waals surface area contributed by atoms with Crippen molar-refractivity contribution in [2.75, 3.05) is 20.1 Å². The van der Waals surface area contributed by atoms with Gasteiger partial charge in [0.25, 0.3) is 0 Å². The summed E-state index contributed by atoms with van der Waals surface area (Å²) in [4.78, 5) is 2.26. The van der Waals surface area contributed by atoms with Crippen molar-refractivity contribution in [3.8, 4) is 5.75 Å². The maximum atomic E-state index is 9.51. The summed E-state index contributed by atoms with van der Waals surface area (Å²) in [5.74, 6) is 0.161. The number of hydrogen-bond acceptors (Lipinski definition) is 2. The van der Waals surface area contributed by atoms with Crippen molar-refractivity contribution >= 4 is 17.2 Å². The van der Waals surface area contributed by atoms with Crippen LogP contribution >= 0.6 is 11.6 Å². The van der Waals surface area contributed by atoms with Crippen molar-refractivity contribution in [3.05, 3.63) is 34.9 Å². The molecule has 0 saturated heterocycles. The molecule has 0 amide bonds. The van der Waals surface area contributed by atoms with Gasteiger partial charge in [-0.2, -0.15) is 0 Å². The van der Waals surface area contributed by atoms with E-state index in [1.165, 1.54) is 5.57 Å². The lowest BCUT2D eigenvalue weighted by molar-refractivity contribution is 0.370. The lowest BCUT2D eigenvalue weighted by atomic mass is 9.99. The molecule has 15 heavy (non-hydrogen) atoms. The summed E-state index contributed by atoms with van der Waals surface area (Å²) in [6, 6.07) is 5.43. The van der Waals surface area contributed by atoms with E-state index in [2.05, 4.69) is 18.0 Å². The van der Waals surface area contributed by atoms with Crippen molar-refractivity contribution in [3.63, 3.8) is 0 Å². The van der Waals surface area contributed by atoms with Gasteiger partial charge in [0.2, 0.25) is 0 Å². The maximum Gasteiger partial charge on any atom is 0.134 e. The van der Waals surface area contributed by atoms with Crippen LogP contribution in [0.15, 0.2) is 24.3 Å². The largest absolute Gasteiger partial charge is 0.506 e. The minimum atomic E-state index is 0.161. The highest BCUT2D eigenvalue weighted by Gasteiger charge is 2.10. The standard InChI is InChI=1S/C12H14ClNO/c1-14-6-4-9(5-7-14)10-2-3-11(13)12(15)8-10/h2-4,8,15H,5-7H2,1H3. The molecule has 0 aromatic heterocycles. The van der Waals surface area contributed by atoms with Crippen LogP contribution in [0.2, 0.25) is 5.02 Å². The Morgan fingerprint density at radius 2 is 2.20 bits per heavy atom. The molecular formula is C12H14ClNO. The Hall–Kier alpha value is -0.990. The van der Waals surface area contributed by atoms with Crippen LogP contribution in [0.4, 0.5) is 0 Å². The Labute approximate surface area is 94.8 Å². The van der Waals surface area contributed by atoms with Crippen LogP contribution in [0.3, 0.4) is 0 Å². The Morgan fingerprint density at radius 3 is 2.80 bits per heavy atom. The molecule has 1 aliphatic heterocycles. The van der Waals surface area contributed by atoms with Gasteiger partial charge in [-0.05, 0) is 36.7 Å². The Bertz CT molecular complexity index is 401. The van der Waals surface area contributed by atoms with Crippen LogP contribution in [-0.4, -0.2) is 30.1 Å². The summed E-state index contributed by atoms with van der Waals surface area (Å²) in [5.41, 5.74) is 2.37. The Balaban J connectivity index is 2.26. The molecule has 3 heteroatoms. The van der Waals surface area contributed by atoms with Crippen LogP contribution in [0.25, 0.3) is 5.57 Å². The monoisotopic (exact) mass is 223 g/mol. The second-order valence-electron chi connectivity index (χ2n) is 3.91. The Morgan fingerprint density at radius 1 is 1.40 bits per heavy atom. The molecule has 1 aromatic carbocycles. The quantitative estimate of drug-likeness (QED) is 0.792. The molecule has 1 heterocycles. The molecule has 0 aliphatic carbocycles. The van der Waals surface area contributed by atoms with Crippen LogP contribution in [0, 0.1) is 0 Å². The third-order valence-corrected chi connectivity index (χ3v) is 3.05. The number of hydrogen-bond donors (Lipinski definition) is 1. The van der Waals surface area contributed by atoms with Crippen LogP contribution < -0.4 is 0 Å². The number of benzene rings is 1. The molecular weight excluding hydrogens is 210 g/mol. The van der Waals surface area contributed by atoms with E-state index in [0.29, 0.717) is 5.02 Å². The second kappa shape index (κ2) is 4.25. The number of phenolic OH excluding ortho intramolecular Hbond substituents is 1. The molecule has 0 fully saturated rings. The number of likely N-dealkylation sites (N-methyl/N-ethyl adjacent to an activating group) is 1. The maximum absolute atomic E-state index is 9.51. The smallest absolute Gasteiger partial charge is 0.134 e. The highest BCUT2D eigenvalue weighted by Crippen LogP contribution is 2.29. The van der Waals surface area contributed by atoms with E-state index in [-0.39, 0.29) is 5.75 Å². The first-order valence-corrected chi connectivity index (χ1v) is 5.41. The van der Waals surface area contributed by atoms with E-state index in [1.54, 1.807) is 12.1 Å². The third kappa shape index (κ3) is 2.33. The van der Waals surface area contributed by atoms with Crippen LogP contribution in [0.1, 0.15) is 12.0 Å². The minimum Gasteiger partial charge on any atom is -0.506 e. The number of rotatable bonds is 1. The van der Waals surface area contributed by atoms with Gasteiger partial charge in [-0.3, -0.25) is 0 Å². The average Bonchev–Trinajstić information content (AvgIpc) is 2.23. The van der Waals surface area contributed by atoms with Crippen molar-refractivity contribution < 1.29 is 5.11 Å². The van der Waals surface area contributed by atoms with Crippen molar-refractivity contribution in [2.24, 2.45) is 0 Å². The van der Waals surface area contributed by atoms with Gasteiger partial charge in [0.15, 0.2) is 0 Å². The average molecular weight is 224 g/mol. The fourth-order valence-corrected chi connectivity index (χ4v) is 1.86. The van der Waals surface area contributed by atoms with E-state index >= 15 is 0 Å². The number of halogens is 1. The Kier molecular flexibility index (Phi) is 2.98. The molecule has 0 atom stereocenters. The molecule has 2 nitrogen and oxygen atoms in total. The summed E-state index contributed by atoms with van der Waals surface area (Å²) in [6.07, 6.45) is 3.23. The zero-order valence-corrected chi connectivity index (χ0v) is 9.46. The molecule has 0 radical (unpaired) electrons. The minimum absolute atomic E-state index is 0.161. The topological polar surface area (TPSA) is 23.5 Å². The predicted molar refractivity (Wildman–Crippen MR) is 63.2 cm³/mol. The van der Waals surface area contributed by atoms with Gasteiger partial charge in [0.1, 0.15) is 5.75 Å². The van der Waals surface area contributed by atoms with Crippen molar-refractivity contribution in [1.29, 1.82) is 0 Å². The lowest BCUT2D eigenvalue weighted by Crippen LogP contribution is -2.23. The van der Waals surface area contributed by atoms with Crippen molar-refractivity contribution in [1.82, 2.24) is 4.90 Å². The highest BCUT2D eigenvalue weighted by atomic mass is 35.5. The molecule has 1 aliphatic rings. The fourth-order valence-electron chi connectivity index (χ4n) is 1.75. The highest BCUT2D eigenvalue weighted by molar-refractivity contribution is 6.32. The van der Waals surface area contributed by atoms with E-state index in [0.717, 1.165) is 25.1 Å². The van der Waals surface area contributed by atoms with Gasteiger partial charge in [-0.25, -0.2) is 0 Å². The normalized spacial score (nSPS) is 17.6. The lowest BCUT2D eigenvalue weighted by Gasteiger charge is -2.22. The van der Waals surface area contributed by atoms with E-state index < -0.39 is 0 Å². The molecule has 1 aromatic rings. The third-order valence-electron chi connectivity index (χ3n) is 2.73. The molecule has 1 N–H and O–H groups in total. The molecule has 0 bridgehead atoms. The van der Waals surface area contributed by atoms with Gasteiger partial charge in [-0.1, -0.05) is 23.7 Å². The van der Waals surface area contributed by atoms with Crippen LogP contribution in [0.5, 0.6) is 5.75 Å². The van der Waals surface area contributed by atoms with Crippen LogP contribution in [-0.2, 0) is 0 Å². The summed E-state index contributed by atoms with van der Waals surface area (Å²) < 4.78 is 0. The van der Waals surface area contributed by atoms with Gasteiger partial charge in [0, 0.05) is 13.1 Å². The van der Waals surface area contributed by atoms with E-state index in [4.69, 9.17) is 11.6 Å². The number of nitrogens with zero attached hydrogens (tertiary/aromatic N) is 1. The summed E-state index contributed by atoms with van der Waals surface area (Å²) in [7, 11) is 2.10. The first kappa shape index (κ1) is 10.5. The zero-order chi connectivity index (χ0) is 10.8. The predicted octanol–water partition coefficient (Wildman–Crippen LogP) is 2.76. The first-order valence-electron chi connectivity index (χ1n) is 5.03. The van der Waals surface area contributed by atoms with Gasteiger partial charge >= 0.3 is 0 Å².